The maximum Gasteiger partial charge on any atom is 0.371 e. The first-order valence-electron chi connectivity index (χ1n) is 12.4. The Morgan fingerprint density at radius 3 is 2.06 bits per heavy atom. The van der Waals surface area contributed by atoms with E-state index in [-0.39, 0.29) is 18.4 Å². The van der Waals surface area contributed by atoms with E-state index in [0.29, 0.717) is 45.4 Å². The van der Waals surface area contributed by atoms with Gasteiger partial charge in [-0.25, -0.2) is 22.9 Å². The second-order valence-corrected chi connectivity index (χ2v) is 10.7. The summed E-state index contributed by atoms with van der Waals surface area (Å²) in [6.07, 6.45) is 2.03. The number of likely N-dealkylation sites (tertiary alicyclic amines) is 2. The molecule has 2 aliphatic heterocycles. The van der Waals surface area contributed by atoms with Gasteiger partial charge in [-0.2, -0.15) is 0 Å². The first-order chi connectivity index (χ1) is 15.7. The van der Waals surface area contributed by atoms with Gasteiger partial charge in [0.05, 0.1) is 18.6 Å². The van der Waals surface area contributed by atoms with Gasteiger partial charge in [0.25, 0.3) is 11.8 Å². The van der Waals surface area contributed by atoms with Crippen LogP contribution in [0.2, 0.25) is 0 Å². The van der Waals surface area contributed by atoms with Crippen molar-refractivity contribution in [3.8, 4) is 0 Å². The maximum absolute atomic E-state index is 15.8. The highest BCUT2D eigenvalue weighted by Crippen LogP contribution is 2.50. The summed E-state index contributed by atoms with van der Waals surface area (Å²) in [6.45, 7) is 8.34. The monoisotopic (exact) mass is 492 g/mol. The fourth-order valence-corrected chi connectivity index (χ4v) is 5.19. The third-order valence-corrected chi connectivity index (χ3v) is 7.01. The Labute approximate surface area is 200 Å². The third kappa shape index (κ3) is 5.23. The molecule has 0 aromatic heterocycles. The van der Waals surface area contributed by atoms with Gasteiger partial charge in [0.15, 0.2) is 0 Å². The van der Waals surface area contributed by atoms with Gasteiger partial charge < -0.3 is 14.2 Å². The molecule has 0 bridgehead atoms. The fraction of sp³-hybridized carbons (Fsp3) is 0.917. The molecule has 2 heterocycles. The summed E-state index contributed by atoms with van der Waals surface area (Å²) in [6, 6.07) is 0. The number of alkyl halides is 3. The van der Waals surface area contributed by atoms with Crippen molar-refractivity contribution in [1.29, 1.82) is 0 Å². The minimum absolute atomic E-state index is 0.269. The lowest BCUT2D eigenvalue weighted by Crippen LogP contribution is -2.72. The third-order valence-electron chi connectivity index (χ3n) is 7.01. The van der Waals surface area contributed by atoms with Crippen molar-refractivity contribution in [2.24, 2.45) is 5.92 Å². The molecule has 2 atom stereocenters. The Kier molecular flexibility index (Phi) is 7.95. The molecule has 1 unspecified atom stereocenters. The van der Waals surface area contributed by atoms with E-state index in [1.54, 1.807) is 32.6 Å². The number of esters is 2. The van der Waals surface area contributed by atoms with Crippen LogP contribution >= 0.6 is 0 Å². The standard InChI is InChI=1S/C24H39F3N2O5/c1-6-32-19(30)17-9-11-18(12-10-17)33-24(28-14-7-8-15-28,20(31)34-21(2,3)4)29-16-13-23(26,27)22(29,5)25/h17-18H,6-16H2,1-5H3/t17?,18?,22-,24?/m1/s1. The number of carbonyl (C=O) groups is 2. The highest BCUT2D eigenvalue weighted by molar-refractivity contribution is 5.79. The van der Waals surface area contributed by atoms with Crippen LogP contribution in [-0.4, -0.2) is 77.2 Å². The number of nitrogens with zero attached hydrogens (tertiary/aromatic N) is 2. The van der Waals surface area contributed by atoms with Gasteiger partial charge in [-0.05, 0) is 73.1 Å². The predicted octanol–water partition coefficient (Wildman–Crippen LogP) is 4.24. The van der Waals surface area contributed by atoms with Crippen molar-refractivity contribution in [2.75, 3.05) is 26.2 Å². The number of hydrogen-bond donors (Lipinski definition) is 0. The summed E-state index contributed by atoms with van der Waals surface area (Å²) in [5.41, 5.74) is -0.929. The van der Waals surface area contributed by atoms with Gasteiger partial charge in [-0.15, -0.1) is 0 Å². The van der Waals surface area contributed by atoms with Crippen LogP contribution in [0.5, 0.6) is 0 Å². The lowest BCUT2D eigenvalue weighted by atomic mass is 9.87. The molecule has 0 amide bonds. The van der Waals surface area contributed by atoms with Crippen LogP contribution in [0.15, 0.2) is 0 Å². The molecule has 1 aliphatic carbocycles. The van der Waals surface area contributed by atoms with Crippen LogP contribution in [0.4, 0.5) is 13.2 Å². The van der Waals surface area contributed by atoms with E-state index in [1.165, 1.54) is 0 Å². The summed E-state index contributed by atoms with van der Waals surface area (Å²) in [5, 5.41) is 0. The molecule has 2 saturated heterocycles. The predicted molar refractivity (Wildman–Crippen MR) is 119 cm³/mol. The fourth-order valence-electron chi connectivity index (χ4n) is 5.19. The second-order valence-electron chi connectivity index (χ2n) is 10.7. The lowest BCUT2D eigenvalue weighted by molar-refractivity contribution is -0.315. The highest BCUT2D eigenvalue weighted by atomic mass is 19.3. The largest absolute Gasteiger partial charge is 0.466 e. The van der Waals surface area contributed by atoms with Crippen LogP contribution in [-0.2, 0) is 23.8 Å². The molecule has 34 heavy (non-hydrogen) atoms. The Morgan fingerprint density at radius 1 is 1.00 bits per heavy atom. The average molecular weight is 493 g/mol. The van der Waals surface area contributed by atoms with E-state index in [4.69, 9.17) is 14.2 Å². The molecule has 196 valence electrons. The topological polar surface area (TPSA) is 68.3 Å². The quantitative estimate of drug-likeness (QED) is 0.389. The maximum atomic E-state index is 15.8. The van der Waals surface area contributed by atoms with E-state index >= 15 is 4.39 Å². The van der Waals surface area contributed by atoms with Crippen LogP contribution in [0.3, 0.4) is 0 Å². The summed E-state index contributed by atoms with van der Waals surface area (Å²) >= 11 is 0. The summed E-state index contributed by atoms with van der Waals surface area (Å²) in [7, 11) is 0. The van der Waals surface area contributed by atoms with Crippen LogP contribution in [0, 0.1) is 5.92 Å². The Balaban J connectivity index is 1.96. The molecule has 0 spiro atoms. The Bertz CT molecular complexity index is 743. The number of rotatable bonds is 7. The molecule has 0 aromatic carbocycles. The van der Waals surface area contributed by atoms with Crippen molar-refractivity contribution in [2.45, 2.75) is 109 Å². The molecule has 3 fully saturated rings. The molecule has 0 radical (unpaired) electrons. The zero-order valence-electron chi connectivity index (χ0n) is 21.0. The lowest BCUT2D eigenvalue weighted by Gasteiger charge is -2.50. The van der Waals surface area contributed by atoms with Crippen molar-refractivity contribution in [1.82, 2.24) is 9.80 Å². The zero-order valence-corrected chi connectivity index (χ0v) is 21.0. The number of carbonyl (C=O) groups excluding carboxylic acids is 2. The molecule has 3 rings (SSSR count). The smallest absolute Gasteiger partial charge is 0.371 e. The molecular formula is C24H39F3N2O5. The minimum atomic E-state index is -3.65. The Morgan fingerprint density at radius 2 is 1.59 bits per heavy atom. The highest BCUT2D eigenvalue weighted by Gasteiger charge is 2.70. The molecule has 7 nitrogen and oxygen atoms in total. The molecule has 10 heteroatoms. The molecule has 0 N–H and O–H groups in total. The van der Waals surface area contributed by atoms with Gasteiger partial charge in [0.2, 0.25) is 5.79 Å². The summed E-state index contributed by atoms with van der Waals surface area (Å²) in [4.78, 5) is 28.4. The summed E-state index contributed by atoms with van der Waals surface area (Å²) < 4.78 is 62.4. The molecular weight excluding hydrogens is 453 g/mol. The minimum Gasteiger partial charge on any atom is -0.466 e. The van der Waals surface area contributed by atoms with Gasteiger partial charge in [-0.3, -0.25) is 9.69 Å². The number of halogens is 3. The average Bonchev–Trinajstić information content (AvgIpc) is 3.33. The van der Waals surface area contributed by atoms with E-state index in [1.807, 2.05) is 0 Å². The Hall–Kier alpha value is -1.39. The van der Waals surface area contributed by atoms with Gasteiger partial charge in [0, 0.05) is 26.1 Å². The van der Waals surface area contributed by atoms with Gasteiger partial charge in [0.1, 0.15) is 5.60 Å². The van der Waals surface area contributed by atoms with Crippen LogP contribution < -0.4 is 0 Å². The van der Waals surface area contributed by atoms with Crippen LogP contribution in [0.1, 0.15) is 79.6 Å². The van der Waals surface area contributed by atoms with Crippen molar-refractivity contribution in [3.63, 3.8) is 0 Å². The normalized spacial score (nSPS) is 32.4. The van der Waals surface area contributed by atoms with Crippen molar-refractivity contribution >= 4 is 11.9 Å². The van der Waals surface area contributed by atoms with E-state index in [2.05, 4.69) is 0 Å². The SMILES string of the molecule is CCOC(=O)C1CCC(OC(C(=O)OC(C)(C)C)(N2CCCC2)N2CCC(F)(F)[C@]2(C)F)CC1. The molecule has 0 aromatic rings. The van der Waals surface area contributed by atoms with E-state index in [9.17, 15) is 18.4 Å². The summed E-state index contributed by atoms with van der Waals surface area (Å²) in [5.74, 6) is -10.3. The van der Waals surface area contributed by atoms with Crippen molar-refractivity contribution < 1.29 is 37.0 Å². The van der Waals surface area contributed by atoms with E-state index < -0.39 is 41.7 Å². The van der Waals surface area contributed by atoms with Crippen molar-refractivity contribution in [3.05, 3.63) is 0 Å². The zero-order chi connectivity index (χ0) is 25.4. The van der Waals surface area contributed by atoms with E-state index in [0.717, 1.165) is 24.7 Å². The van der Waals surface area contributed by atoms with Gasteiger partial charge >= 0.3 is 11.9 Å². The molecule has 3 aliphatic rings. The van der Waals surface area contributed by atoms with Gasteiger partial charge in [-0.1, -0.05) is 0 Å². The second kappa shape index (κ2) is 9.93. The first kappa shape index (κ1) is 27.2. The first-order valence-corrected chi connectivity index (χ1v) is 12.4. The number of ether oxygens (including phenoxy) is 3. The van der Waals surface area contributed by atoms with Crippen LogP contribution in [0.25, 0.3) is 0 Å². The number of hydrogen-bond acceptors (Lipinski definition) is 7. The molecule has 1 saturated carbocycles.